The lowest BCUT2D eigenvalue weighted by Crippen LogP contribution is -2.53. The number of nitrogens with zero attached hydrogens (tertiary/aromatic N) is 1. The zero-order chi connectivity index (χ0) is 7.56. The molecule has 4 heteroatoms. The van der Waals surface area contributed by atoms with Crippen molar-refractivity contribution in [3.05, 3.63) is 0 Å². The summed E-state index contributed by atoms with van der Waals surface area (Å²) in [6, 6.07) is 0. The van der Waals surface area contributed by atoms with E-state index < -0.39 is 0 Å². The zero-order valence-corrected chi connectivity index (χ0v) is 6.86. The highest BCUT2D eigenvalue weighted by Gasteiger charge is 2.25. The minimum Gasteiger partial charge on any atom is -0.392 e. The first kappa shape index (κ1) is 7.91. The lowest BCUT2D eigenvalue weighted by Gasteiger charge is -2.37. The number of methoxy groups -OCH3 is 1. The van der Waals surface area contributed by atoms with Crippen molar-refractivity contribution in [2.24, 2.45) is 5.73 Å². The predicted molar refractivity (Wildman–Crippen MR) is 44.0 cm³/mol. The van der Waals surface area contributed by atoms with Crippen molar-refractivity contribution in [2.75, 3.05) is 26.7 Å². The largest absolute Gasteiger partial charge is 0.392 e. The van der Waals surface area contributed by atoms with E-state index in [9.17, 15) is 0 Å². The van der Waals surface area contributed by atoms with E-state index in [-0.39, 0.29) is 0 Å². The monoisotopic (exact) mass is 160 g/mol. The molecular formula is C6H12N2OS. The van der Waals surface area contributed by atoms with Crippen LogP contribution in [0, 0.1) is 0 Å². The fourth-order valence-corrected chi connectivity index (χ4v) is 1.20. The minimum absolute atomic E-state index is 0.398. The Labute approximate surface area is 66.1 Å². The van der Waals surface area contributed by atoms with E-state index in [1.807, 2.05) is 0 Å². The van der Waals surface area contributed by atoms with Crippen molar-refractivity contribution >= 4 is 17.2 Å². The summed E-state index contributed by atoms with van der Waals surface area (Å²) in [5, 5.41) is 0. The van der Waals surface area contributed by atoms with Crippen LogP contribution in [-0.2, 0) is 4.74 Å². The first-order chi connectivity index (χ1) is 4.72. The lowest BCUT2D eigenvalue weighted by atomic mass is 10.2. The molecule has 0 aromatic carbocycles. The quantitative estimate of drug-likeness (QED) is 0.570. The van der Waals surface area contributed by atoms with Gasteiger partial charge in [0, 0.05) is 26.7 Å². The van der Waals surface area contributed by atoms with Crippen LogP contribution in [0.15, 0.2) is 0 Å². The summed E-state index contributed by atoms with van der Waals surface area (Å²) in [6.45, 7) is 2.66. The van der Waals surface area contributed by atoms with Crippen molar-refractivity contribution < 1.29 is 4.74 Å². The van der Waals surface area contributed by atoms with Crippen molar-refractivity contribution in [3.8, 4) is 0 Å². The summed E-state index contributed by atoms with van der Waals surface area (Å²) < 4.78 is 5.07. The van der Waals surface area contributed by atoms with Crippen LogP contribution >= 0.6 is 12.2 Å². The summed E-state index contributed by atoms with van der Waals surface area (Å²) in [7, 11) is 1.72. The Morgan fingerprint density at radius 2 is 2.40 bits per heavy atom. The van der Waals surface area contributed by atoms with E-state index >= 15 is 0 Å². The molecule has 1 saturated heterocycles. The number of rotatable bonds is 3. The lowest BCUT2D eigenvalue weighted by molar-refractivity contribution is -0.0211. The van der Waals surface area contributed by atoms with Gasteiger partial charge in [0.15, 0.2) is 0 Å². The first-order valence-corrected chi connectivity index (χ1v) is 3.66. The van der Waals surface area contributed by atoms with Gasteiger partial charge in [0.2, 0.25) is 0 Å². The molecule has 0 saturated carbocycles. The van der Waals surface area contributed by atoms with Crippen molar-refractivity contribution in [1.82, 2.24) is 4.90 Å². The van der Waals surface area contributed by atoms with Crippen molar-refractivity contribution in [1.29, 1.82) is 0 Å². The maximum atomic E-state index is 5.34. The number of nitrogens with two attached hydrogens (primary N) is 1. The smallest absolute Gasteiger partial charge is 0.0870 e. The molecule has 1 heterocycles. The van der Waals surface area contributed by atoms with Crippen LogP contribution in [0.1, 0.15) is 0 Å². The van der Waals surface area contributed by atoms with E-state index in [2.05, 4.69) is 4.90 Å². The van der Waals surface area contributed by atoms with Crippen LogP contribution in [0.3, 0.4) is 0 Å². The standard InChI is InChI=1S/C6H12N2OS/c1-9-5-2-8(3-5)4-6(7)10/h5H,2-4H2,1H3,(H2,7,10). The van der Waals surface area contributed by atoms with E-state index in [1.54, 1.807) is 7.11 Å². The zero-order valence-electron chi connectivity index (χ0n) is 6.04. The summed E-state index contributed by atoms with van der Waals surface area (Å²) in [4.78, 5) is 2.73. The Bertz CT molecular complexity index is 134. The van der Waals surface area contributed by atoms with Gasteiger partial charge in [-0.3, -0.25) is 4.90 Å². The molecule has 0 amide bonds. The third-order valence-electron chi connectivity index (χ3n) is 1.64. The molecular weight excluding hydrogens is 148 g/mol. The second-order valence-electron chi connectivity index (χ2n) is 2.52. The molecule has 0 unspecified atom stereocenters. The number of ether oxygens (including phenoxy) is 1. The molecule has 1 aliphatic rings. The molecule has 10 heavy (non-hydrogen) atoms. The van der Waals surface area contributed by atoms with Gasteiger partial charge in [-0.15, -0.1) is 0 Å². The van der Waals surface area contributed by atoms with Gasteiger partial charge in [-0.05, 0) is 0 Å². The Kier molecular flexibility index (Phi) is 2.59. The second kappa shape index (κ2) is 3.27. The Morgan fingerprint density at radius 1 is 1.80 bits per heavy atom. The molecule has 58 valence electrons. The summed E-state index contributed by atoms with van der Waals surface area (Å²) in [5.41, 5.74) is 5.34. The Morgan fingerprint density at radius 3 is 2.80 bits per heavy atom. The van der Waals surface area contributed by atoms with Gasteiger partial charge in [-0.1, -0.05) is 12.2 Å². The molecule has 3 nitrogen and oxygen atoms in total. The molecule has 0 aromatic rings. The van der Waals surface area contributed by atoms with Crippen LogP contribution in [-0.4, -0.2) is 42.7 Å². The average Bonchev–Trinajstić information content (AvgIpc) is 1.76. The average molecular weight is 160 g/mol. The highest BCUT2D eigenvalue weighted by Crippen LogP contribution is 2.08. The van der Waals surface area contributed by atoms with Crippen LogP contribution in [0.25, 0.3) is 0 Å². The SMILES string of the molecule is COC1CN(CC(N)=S)C1. The molecule has 1 rings (SSSR count). The number of hydrogen-bond acceptors (Lipinski definition) is 3. The van der Waals surface area contributed by atoms with Gasteiger partial charge in [0.25, 0.3) is 0 Å². The second-order valence-corrected chi connectivity index (χ2v) is 3.04. The number of hydrogen-bond donors (Lipinski definition) is 1. The maximum absolute atomic E-state index is 5.34. The highest BCUT2D eigenvalue weighted by molar-refractivity contribution is 7.80. The molecule has 0 atom stereocenters. The molecule has 1 fully saturated rings. The molecule has 0 aliphatic carbocycles. The van der Waals surface area contributed by atoms with Crippen LogP contribution in [0.2, 0.25) is 0 Å². The van der Waals surface area contributed by atoms with Gasteiger partial charge in [-0.25, -0.2) is 0 Å². The van der Waals surface area contributed by atoms with Crippen LogP contribution < -0.4 is 5.73 Å². The molecule has 2 N–H and O–H groups in total. The number of likely N-dealkylation sites (tertiary alicyclic amines) is 1. The molecule has 0 aromatic heterocycles. The van der Waals surface area contributed by atoms with Gasteiger partial charge >= 0.3 is 0 Å². The van der Waals surface area contributed by atoms with Gasteiger partial charge in [0.1, 0.15) is 0 Å². The number of thiocarbonyl (C=S) groups is 1. The van der Waals surface area contributed by atoms with Gasteiger partial charge < -0.3 is 10.5 Å². The summed E-state index contributed by atoms with van der Waals surface area (Å²) in [5.74, 6) is 0. The van der Waals surface area contributed by atoms with Gasteiger partial charge in [0.05, 0.1) is 11.1 Å². The van der Waals surface area contributed by atoms with E-state index in [1.165, 1.54) is 0 Å². The molecule has 0 radical (unpaired) electrons. The predicted octanol–water partition coefficient (Wildman–Crippen LogP) is -0.397. The fraction of sp³-hybridized carbons (Fsp3) is 0.833. The minimum atomic E-state index is 0.398. The maximum Gasteiger partial charge on any atom is 0.0870 e. The first-order valence-electron chi connectivity index (χ1n) is 3.26. The van der Waals surface area contributed by atoms with Crippen LogP contribution in [0.4, 0.5) is 0 Å². The third-order valence-corrected chi connectivity index (χ3v) is 1.77. The molecule has 0 bridgehead atoms. The van der Waals surface area contributed by atoms with Crippen molar-refractivity contribution in [3.63, 3.8) is 0 Å². The normalized spacial score (nSPS) is 20.5. The Hall–Kier alpha value is -0.190. The topological polar surface area (TPSA) is 38.5 Å². The summed E-state index contributed by atoms with van der Waals surface area (Å²) >= 11 is 4.74. The molecule has 1 aliphatic heterocycles. The van der Waals surface area contributed by atoms with Gasteiger partial charge in [-0.2, -0.15) is 0 Å². The van der Waals surface area contributed by atoms with E-state index in [0.29, 0.717) is 11.1 Å². The third kappa shape index (κ3) is 1.90. The highest BCUT2D eigenvalue weighted by atomic mass is 32.1. The summed E-state index contributed by atoms with van der Waals surface area (Å²) in [6.07, 6.45) is 0.398. The molecule has 0 spiro atoms. The van der Waals surface area contributed by atoms with Crippen LogP contribution in [0.5, 0.6) is 0 Å². The Balaban J connectivity index is 2.08. The fourth-order valence-electron chi connectivity index (χ4n) is 1.02. The van der Waals surface area contributed by atoms with E-state index in [4.69, 9.17) is 22.7 Å². The van der Waals surface area contributed by atoms with E-state index in [0.717, 1.165) is 19.6 Å². The van der Waals surface area contributed by atoms with Crippen molar-refractivity contribution in [2.45, 2.75) is 6.10 Å².